The zero-order valence-corrected chi connectivity index (χ0v) is 32.0. The van der Waals surface area contributed by atoms with E-state index in [-0.39, 0.29) is 18.0 Å². The molecule has 0 bridgehead atoms. The first-order valence-electron chi connectivity index (χ1n) is 19.8. The van der Waals surface area contributed by atoms with Crippen molar-refractivity contribution in [2.75, 3.05) is 13.2 Å². The minimum atomic E-state index is -0.443. The van der Waals surface area contributed by atoms with Crippen LogP contribution in [0.25, 0.3) is 21.9 Å². The Morgan fingerprint density at radius 1 is 0.547 bits per heavy atom. The maximum Gasteiger partial charge on any atom is 0.343 e. The van der Waals surface area contributed by atoms with E-state index < -0.39 is 5.97 Å². The molecule has 4 rings (SSSR count). The van der Waals surface area contributed by atoms with Gasteiger partial charge in [-0.1, -0.05) is 95.2 Å². The molecule has 0 unspecified atom stereocenters. The van der Waals surface area contributed by atoms with Gasteiger partial charge in [-0.2, -0.15) is 0 Å². The number of unbranched alkanes of at least 4 members (excludes halogenated alkanes) is 10. The minimum absolute atomic E-state index is 0.0701. The molecule has 0 saturated heterocycles. The highest BCUT2D eigenvalue weighted by Crippen LogP contribution is 2.26. The maximum atomic E-state index is 13.0. The summed E-state index contributed by atoms with van der Waals surface area (Å²) in [4.78, 5) is 37.5. The zero-order valence-electron chi connectivity index (χ0n) is 32.0. The topological polar surface area (TPSA) is 88.1 Å². The van der Waals surface area contributed by atoms with E-state index in [0.717, 1.165) is 85.4 Å². The number of fused-ring (bicyclic) bond motifs is 1. The Kier molecular flexibility index (Phi) is 17.9. The molecule has 0 aliphatic rings. The molecule has 0 amide bonds. The Morgan fingerprint density at radius 3 is 1.83 bits per heavy atom. The summed E-state index contributed by atoms with van der Waals surface area (Å²) in [5.74, 6) is 0.414. The number of hydrogen-bond donors (Lipinski definition) is 0. The highest BCUT2D eigenvalue weighted by molar-refractivity contribution is 5.96. The van der Waals surface area contributed by atoms with Crippen LogP contribution in [0.3, 0.4) is 0 Å². The first-order chi connectivity index (χ1) is 25.9. The predicted octanol–water partition coefficient (Wildman–Crippen LogP) is 12.1. The minimum Gasteiger partial charge on any atom is -0.494 e. The van der Waals surface area contributed by atoms with Gasteiger partial charge in [0, 0.05) is 6.42 Å². The number of carbonyl (C=O) groups is 3. The van der Waals surface area contributed by atoms with Crippen LogP contribution in [0.5, 0.6) is 11.5 Å². The summed E-state index contributed by atoms with van der Waals surface area (Å²) in [7, 11) is 0. The fraction of sp³-hybridized carbons (Fsp3) is 0.457. The number of esters is 3. The van der Waals surface area contributed by atoms with E-state index in [1.807, 2.05) is 61.5 Å². The van der Waals surface area contributed by atoms with Gasteiger partial charge in [-0.15, -0.1) is 0 Å². The van der Waals surface area contributed by atoms with Gasteiger partial charge in [0.2, 0.25) is 0 Å². The van der Waals surface area contributed by atoms with Crippen molar-refractivity contribution in [1.29, 1.82) is 0 Å². The molecule has 0 saturated carbocycles. The largest absolute Gasteiger partial charge is 0.494 e. The van der Waals surface area contributed by atoms with Crippen LogP contribution in [-0.4, -0.2) is 37.2 Å². The molecule has 4 aromatic rings. The summed E-state index contributed by atoms with van der Waals surface area (Å²) in [6.07, 6.45) is 15.4. The van der Waals surface area contributed by atoms with E-state index in [1.54, 1.807) is 30.3 Å². The van der Waals surface area contributed by atoms with Gasteiger partial charge in [-0.05, 0) is 122 Å². The van der Waals surface area contributed by atoms with Gasteiger partial charge in [-0.3, -0.25) is 4.79 Å². The van der Waals surface area contributed by atoms with Gasteiger partial charge in [0.15, 0.2) is 0 Å². The fourth-order valence-electron chi connectivity index (χ4n) is 6.17. The Balaban J connectivity index is 1.15. The standard InChI is InChI=1S/C46H58O7/c1-4-6-8-10-14-18-44(47)51-32-16-12-11-15-31-50-42-28-25-37(26-29-42)36-19-21-38(22-20-36)45(48)53-43-30-27-39-33-41(24-23-40(39)34-43)46(49)52-35(3)17-13-9-7-5-2/h19-30,33-35H,4-18,31-32H2,1-3H3/t35-/m0/s1. The molecule has 0 aliphatic carbocycles. The summed E-state index contributed by atoms with van der Waals surface area (Å²) < 4.78 is 22.6. The van der Waals surface area contributed by atoms with Gasteiger partial charge in [-0.25, -0.2) is 9.59 Å². The molecule has 0 aliphatic heterocycles. The molecule has 284 valence electrons. The summed E-state index contributed by atoms with van der Waals surface area (Å²) in [6, 6.07) is 26.1. The summed E-state index contributed by atoms with van der Waals surface area (Å²) in [6.45, 7) is 7.45. The Bertz CT molecular complexity index is 1690. The van der Waals surface area contributed by atoms with Crippen LogP contribution < -0.4 is 9.47 Å². The molecular formula is C46H58O7. The molecule has 0 spiro atoms. The van der Waals surface area contributed by atoms with Gasteiger partial charge in [0.1, 0.15) is 11.5 Å². The Morgan fingerprint density at radius 2 is 1.11 bits per heavy atom. The lowest BCUT2D eigenvalue weighted by Crippen LogP contribution is -2.15. The smallest absolute Gasteiger partial charge is 0.343 e. The molecule has 1 atom stereocenters. The number of rotatable bonds is 24. The van der Waals surface area contributed by atoms with Crippen LogP contribution in [0.2, 0.25) is 0 Å². The second kappa shape index (κ2) is 23.1. The van der Waals surface area contributed by atoms with Crippen molar-refractivity contribution in [2.45, 2.75) is 123 Å². The molecule has 0 radical (unpaired) electrons. The SMILES string of the molecule is CCCCCCCC(=O)OCCCCCCOc1ccc(-c2ccc(C(=O)Oc3ccc4cc(C(=O)O[C@@H](C)CCCCCC)ccc4c3)cc2)cc1. The van der Waals surface area contributed by atoms with Crippen LogP contribution in [0.4, 0.5) is 0 Å². The molecule has 0 fully saturated rings. The number of benzene rings is 4. The van der Waals surface area contributed by atoms with Crippen molar-refractivity contribution in [3.05, 3.63) is 96.1 Å². The quantitative estimate of drug-likeness (QED) is 0.0404. The van der Waals surface area contributed by atoms with Crippen LogP contribution >= 0.6 is 0 Å². The summed E-state index contributed by atoms with van der Waals surface area (Å²) in [5.41, 5.74) is 2.96. The van der Waals surface area contributed by atoms with E-state index in [1.165, 1.54) is 32.1 Å². The molecular weight excluding hydrogens is 664 g/mol. The average molecular weight is 723 g/mol. The highest BCUT2D eigenvalue weighted by Gasteiger charge is 2.14. The van der Waals surface area contributed by atoms with Crippen LogP contribution in [-0.2, 0) is 14.3 Å². The van der Waals surface area contributed by atoms with E-state index in [0.29, 0.717) is 36.5 Å². The molecule has 7 nitrogen and oxygen atoms in total. The van der Waals surface area contributed by atoms with E-state index >= 15 is 0 Å². The summed E-state index contributed by atoms with van der Waals surface area (Å²) >= 11 is 0. The Hall–Kier alpha value is -4.65. The van der Waals surface area contributed by atoms with Crippen molar-refractivity contribution < 1.29 is 33.3 Å². The predicted molar refractivity (Wildman–Crippen MR) is 213 cm³/mol. The second-order valence-corrected chi connectivity index (χ2v) is 13.9. The van der Waals surface area contributed by atoms with Crippen molar-refractivity contribution >= 4 is 28.7 Å². The first kappa shape index (κ1) is 41.1. The van der Waals surface area contributed by atoms with Gasteiger partial charge < -0.3 is 18.9 Å². The third-order valence-electron chi connectivity index (χ3n) is 9.39. The van der Waals surface area contributed by atoms with Crippen LogP contribution in [0.15, 0.2) is 84.9 Å². The Labute approximate surface area is 316 Å². The molecule has 4 aromatic carbocycles. The van der Waals surface area contributed by atoms with Gasteiger partial charge >= 0.3 is 17.9 Å². The monoisotopic (exact) mass is 722 g/mol. The van der Waals surface area contributed by atoms with Gasteiger partial charge in [0.05, 0.1) is 30.4 Å². The zero-order chi connectivity index (χ0) is 37.7. The number of hydrogen-bond acceptors (Lipinski definition) is 7. The lowest BCUT2D eigenvalue weighted by molar-refractivity contribution is -0.143. The highest BCUT2D eigenvalue weighted by atomic mass is 16.5. The summed E-state index contributed by atoms with van der Waals surface area (Å²) in [5, 5.41) is 1.73. The molecule has 53 heavy (non-hydrogen) atoms. The molecule has 0 N–H and O–H groups in total. The molecule has 7 heteroatoms. The number of carbonyl (C=O) groups excluding carboxylic acids is 3. The van der Waals surface area contributed by atoms with E-state index in [4.69, 9.17) is 18.9 Å². The lowest BCUT2D eigenvalue weighted by atomic mass is 10.0. The van der Waals surface area contributed by atoms with E-state index in [2.05, 4.69) is 13.8 Å². The second-order valence-electron chi connectivity index (χ2n) is 13.9. The van der Waals surface area contributed by atoms with E-state index in [9.17, 15) is 14.4 Å². The van der Waals surface area contributed by atoms with Gasteiger partial charge in [0.25, 0.3) is 0 Å². The molecule has 0 aromatic heterocycles. The van der Waals surface area contributed by atoms with Crippen LogP contribution in [0.1, 0.15) is 138 Å². The van der Waals surface area contributed by atoms with Crippen molar-refractivity contribution in [2.24, 2.45) is 0 Å². The van der Waals surface area contributed by atoms with Crippen molar-refractivity contribution in [3.8, 4) is 22.6 Å². The fourth-order valence-corrected chi connectivity index (χ4v) is 6.17. The lowest BCUT2D eigenvalue weighted by Gasteiger charge is -2.13. The van der Waals surface area contributed by atoms with Crippen molar-refractivity contribution in [3.63, 3.8) is 0 Å². The molecule has 0 heterocycles. The maximum absolute atomic E-state index is 13.0. The third kappa shape index (κ3) is 14.7. The third-order valence-corrected chi connectivity index (χ3v) is 9.39. The van der Waals surface area contributed by atoms with Crippen molar-refractivity contribution in [1.82, 2.24) is 0 Å². The van der Waals surface area contributed by atoms with Crippen LogP contribution in [0, 0.1) is 0 Å². The average Bonchev–Trinajstić information content (AvgIpc) is 3.17. The normalized spacial score (nSPS) is 11.6. The first-order valence-corrected chi connectivity index (χ1v) is 19.8. The number of ether oxygens (including phenoxy) is 4.